The Balaban J connectivity index is 1.93. The Labute approximate surface area is 149 Å². The first-order valence-corrected chi connectivity index (χ1v) is 9.37. The molecule has 24 heavy (non-hydrogen) atoms. The van der Waals surface area contributed by atoms with Crippen molar-refractivity contribution in [2.24, 2.45) is 0 Å². The van der Waals surface area contributed by atoms with Gasteiger partial charge < -0.3 is 15.0 Å². The van der Waals surface area contributed by atoms with E-state index in [0.717, 1.165) is 29.5 Å². The molecule has 2 unspecified atom stereocenters. The van der Waals surface area contributed by atoms with E-state index in [9.17, 15) is 4.79 Å². The second-order valence-corrected chi connectivity index (χ2v) is 9.51. The van der Waals surface area contributed by atoms with E-state index in [4.69, 9.17) is 4.74 Å². The number of amides is 1. The maximum atomic E-state index is 11.9. The van der Waals surface area contributed by atoms with Crippen LogP contribution in [-0.2, 0) is 10.2 Å². The summed E-state index contributed by atoms with van der Waals surface area (Å²) in [4.78, 5) is 14.2. The minimum atomic E-state index is -0.466. The molecule has 1 aromatic rings. The largest absolute Gasteiger partial charge is 0.444 e. The van der Waals surface area contributed by atoms with Crippen LogP contribution in [0.5, 0.6) is 0 Å². The maximum Gasteiger partial charge on any atom is 0.407 e. The first-order chi connectivity index (χ1) is 11.0. The van der Waals surface area contributed by atoms with E-state index in [1.807, 2.05) is 20.8 Å². The molecular formula is C17H30N4O2S. The van der Waals surface area contributed by atoms with Crippen molar-refractivity contribution >= 4 is 22.6 Å². The number of carbonyl (C=O) groups is 1. The molecule has 7 heteroatoms. The topological polar surface area (TPSA) is 67.3 Å². The normalized spacial score (nSPS) is 22.4. The Morgan fingerprint density at radius 2 is 1.92 bits per heavy atom. The Kier molecular flexibility index (Phi) is 5.42. The fourth-order valence-corrected chi connectivity index (χ4v) is 3.73. The Morgan fingerprint density at radius 1 is 1.25 bits per heavy atom. The highest BCUT2D eigenvalue weighted by Gasteiger charge is 2.30. The van der Waals surface area contributed by atoms with Gasteiger partial charge in [-0.3, -0.25) is 0 Å². The quantitative estimate of drug-likeness (QED) is 0.877. The summed E-state index contributed by atoms with van der Waals surface area (Å²) in [6.07, 6.45) is 1.43. The van der Waals surface area contributed by atoms with Gasteiger partial charge in [0, 0.05) is 24.0 Å². The van der Waals surface area contributed by atoms with Crippen molar-refractivity contribution in [3.63, 3.8) is 0 Å². The molecule has 136 valence electrons. The molecule has 0 saturated carbocycles. The Bertz CT molecular complexity index is 574. The molecule has 1 aliphatic rings. The van der Waals surface area contributed by atoms with Crippen LogP contribution in [0.25, 0.3) is 0 Å². The van der Waals surface area contributed by atoms with Crippen molar-refractivity contribution in [1.29, 1.82) is 0 Å². The molecule has 2 atom stereocenters. The minimum Gasteiger partial charge on any atom is -0.444 e. The van der Waals surface area contributed by atoms with Crippen molar-refractivity contribution in [2.75, 3.05) is 11.4 Å². The van der Waals surface area contributed by atoms with Gasteiger partial charge in [0.05, 0.1) is 0 Å². The molecule has 1 saturated heterocycles. The number of nitrogens with one attached hydrogen (secondary N) is 1. The van der Waals surface area contributed by atoms with Gasteiger partial charge in [0.15, 0.2) is 0 Å². The van der Waals surface area contributed by atoms with Crippen molar-refractivity contribution in [1.82, 2.24) is 15.5 Å². The second-order valence-electron chi connectivity index (χ2n) is 8.55. The zero-order valence-corrected chi connectivity index (χ0v) is 16.7. The number of piperidine rings is 1. The number of alkyl carbamates (subject to hydrolysis) is 1. The van der Waals surface area contributed by atoms with Crippen molar-refractivity contribution in [3.05, 3.63) is 5.01 Å². The lowest BCUT2D eigenvalue weighted by Crippen LogP contribution is -2.49. The predicted octanol–water partition coefficient (Wildman–Crippen LogP) is 3.72. The lowest BCUT2D eigenvalue weighted by molar-refractivity contribution is 0.0494. The first-order valence-electron chi connectivity index (χ1n) is 8.56. The number of aromatic nitrogens is 2. The number of nitrogens with zero attached hydrogens (tertiary/aromatic N) is 3. The van der Waals surface area contributed by atoms with Gasteiger partial charge in [-0.1, -0.05) is 32.1 Å². The van der Waals surface area contributed by atoms with Crippen LogP contribution >= 0.6 is 11.3 Å². The van der Waals surface area contributed by atoms with Gasteiger partial charge >= 0.3 is 6.09 Å². The lowest BCUT2D eigenvalue weighted by Gasteiger charge is -2.37. The van der Waals surface area contributed by atoms with Crippen LogP contribution in [0.1, 0.15) is 66.3 Å². The number of anilines is 1. The highest BCUT2D eigenvalue weighted by Crippen LogP contribution is 2.32. The zero-order chi connectivity index (χ0) is 18.1. The summed E-state index contributed by atoms with van der Waals surface area (Å²) < 4.78 is 5.34. The summed E-state index contributed by atoms with van der Waals surface area (Å²) in [5.74, 6) is 0. The predicted molar refractivity (Wildman–Crippen MR) is 97.8 cm³/mol. The van der Waals surface area contributed by atoms with E-state index in [2.05, 4.69) is 48.1 Å². The molecule has 0 aromatic carbocycles. The van der Waals surface area contributed by atoms with Gasteiger partial charge in [0.2, 0.25) is 5.13 Å². The third-order valence-electron chi connectivity index (χ3n) is 3.90. The fraction of sp³-hybridized carbons (Fsp3) is 0.824. The molecule has 0 bridgehead atoms. The monoisotopic (exact) mass is 354 g/mol. The smallest absolute Gasteiger partial charge is 0.407 e. The standard InChI is InChI=1S/C17H30N4O2S/c1-11-10-12(18-15(22)23-17(5,6)7)8-9-21(11)14-20-19-13(24-14)16(2,3)4/h11-12H,8-10H2,1-7H3,(H,18,22). The van der Waals surface area contributed by atoms with Crippen LogP contribution in [0.3, 0.4) is 0 Å². The second kappa shape index (κ2) is 6.86. The van der Waals surface area contributed by atoms with E-state index in [1.54, 1.807) is 11.3 Å². The summed E-state index contributed by atoms with van der Waals surface area (Å²) in [5.41, 5.74) is -0.442. The summed E-state index contributed by atoms with van der Waals surface area (Å²) >= 11 is 1.66. The van der Waals surface area contributed by atoms with Crippen LogP contribution in [0.2, 0.25) is 0 Å². The molecule has 2 heterocycles. The van der Waals surface area contributed by atoms with Crippen molar-refractivity contribution in [2.45, 2.75) is 84.4 Å². The molecule has 1 N–H and O–H groups in total. The van der Waals surface area contributed by atoms with Crippen LogP contribution in [0.15, 0.2) is 0 Å². The molecule has 1 amide bonds. The van der Waals surface area contributed by atoms with E-state index >= 15 is 0 Å². The van der Waals surface area contributed by atoms with Gasteiger partial charge in [-0.2, -0.15) is 0 Å². The first kappa shape index (κ1) is 19.0. The minimum absolute atomic E-state index is 0.0236. The summed E-state index contributed by atoms with van der Waals surface area (Å²) in [5, 5.41) is 13.7. The van der Waals surface area contributed by atoms with Crippen LogP contribution in [-0.4, -0.2) is 40.5 Å². The van der Waals surface area contributed by atoms with Crippen molar-refractivity contribution < 1.29 is 9.53 Å². The van der Waals surface area contributed by atoms with Gasteiger partial charge in [-0.05, 0) is 40.5 Å². The number of rotatable bonds is 2. The molecule has 0 radical (unpaired) electrons. The third-order valence-corrected chi connectivity index (χ3v) is 5.28. The van der Waals surface area contributed by atoms with Crippen LogP contribution in [0.4, 0.5) is 9.93 Å². The molecule has 0 spiro atoms. The van der Waals surface area contributed by atoms with Gasteiger partial charge in [-0.25, -0.2) is 4.79 Å². The van der Waals surface area contributed by atoms with Crippen LogP contribution < -0.4 is 10.2 Å². The van der Waals surface area contributed by atoms with E-state index in [-0.39, 0.29) is 17.6 Å². The molecular weight excluding hydrogens is 324 g/mol. The highest BCUT2D eigenvalue weighted by atomic mass is 32.1. The highest BCUT2D eigenvalue weighted by molar-refractivity contribution is 7.15. The molecule has 0 aliphatic carbocycles. The number of hydrogen-bond donors (Lipinski definition) is 1. The molecule has 6 nitrogen and oxygen atoms in total. The maximum absolute atomic E-state index is 11.9. The van der Waals surface area contributed by atoms with Crippen molar-refractivity contribution in [3.8, 4) is 0 Å². The fourth-order valence-electron chi connectivity index (χ4n) is 2.70. The number of hydrogen-bond acceptors (Lipinski definition) is 6. The summed E-state index contributed by atoms with van der Waals surface area (Å²) in [6, 6.07) is 0.445. The number of ether oxygens (including phenoxy) is 1. The average molecular weight is 355 g/mol. The van der Waals surface area contributed by atoms with E-state index in [1.165, 1.54) is 0 Å². The number of carbonyl (C=O) groups excluding carboxylic acids is 1. The van der Waals surface area contributed by atoms with Gasteiger partial charge in [-0.15, -0.1) is 10.2 Å². The van der Waals surface area contributed by atoms with E-state index in [0.29, 0.717) is 6.04 Å². The molecule has 2 rings (SSSR count). The lowest BCUT2D eigenvalue weighted by atomic mass is 9.98. The SMILES string of the molecule is CC1CC(NC(=O)OC(C)(C)C)CCN1c1nnc(C(C)(C)C)s1. The zero-order valence-electron chi connectivity index (χ0n) is 15.8. The molecule has 1 aromatic heterocycles. The molecule has 1 aliphatic heterocycles. The Hall–Kier alpha value is -1.37. The third kappa shape index (κ3) is 5.06. The van der Waals surface area contributed by atoms with Crippen LogP contribution in [0, 0.1) is 0 Å². The Morgan fingerprint density at radius 3 is 2.42 bits per heavy atom. The average Bonchev–Trinajstić information content (AvgIpc) is 2.85. The molecule has 1 fully saturated rings. The van der Waals surface area contributed by atoms with E-state index < -0.39 is 5.60 Å². The van der Waals surface area contributed by atoms with Gasteiger partial charge in [0.1, 0.15) is 10.6 Å². The summed E-state index contributed by atoms with van der Waals surface area (Å²) in [6.45, 7) is 15.1. The summed E-state index contributed by atoms with van der Waals surface area (Å²) in [7, 11) is 0. The van der Waals surface area contributed by atoms with Gasteiger partial charge in [0.25, 0.3) is 0 Å².